The van der Waals surface area contributed by atoms with Crippen LogP contribution in [-0.4, -0.2) is 17.4 Å². The number of hydrogen-bond acceptors (Lipinski definition) is 3. The number of para-hydroxylation sites is 2. The summed E-state index contributed by atoms with van der Waals surface area (Å²) < 4.78 is 5.40. The average Bonchev–Trinajstić information content (AvgIpc) is 2.58. The fourth-order valence-electron chi connectivity index (χ4n) is 2.40. The topological polar surface area (TPSA) is 41.6 Å². The van der Waals surface area contributed by atoms with E-state index >= 15 is 0 Å². The van der Waals surface area contributed by atoms with Gasteiger partial charge >= 0.3 is 6.09 Å². The van der Waals surface area contributed by atoms with Crippen LogP contribution in [-0.2, 0) is 4.74 Å². The van der Waals surface area contributed by atoms with Gasteiger partial charge < -0.3 is 10.1 Å². The average molecular weight is 218 g/mol. The monoisotopic (exact) mass is 218 g/mol. The highest BCUT2D eigenvalue weighted by Gasteiger charge is 2.61. The van der Waals surface area contributed by atoms with Crippen LogP contribution in [0.3, 0.4) is 0 Å². The van der Waals surface area contributed by atoms with Crippen LogP contribution in [0, 0.1) is 0 Å². The van der Waals surface area contributed by atoms with E-state index in [4.69, 9.17) is 4.74 Å². The third-order valence-corrected chi connectivity index (χ3v) is 3.67. The van der Waals surface area contributed by atoms with Gasteiger partial charge in [-0.25, -0.2) is 9.69 Å². The summed E-state index contributed by atoms with van der Waals surface area (Å²) in [5.74, 6) is 0. The number of benzene rings is 1. The molecule has 4 nitrogen and oxygen atoms in total. The van der Waals surface area contributed by atoms with Gasteiger partial charge in [-0.1, -0.05) is 12.1 Å². The lowest BCUT2D eigenvalue weighted by atomic mass is 9.93. The number of cyclic esters (lactones) is 1. The van der Waals surface area contributed by atoms with Gasteiger partial charge in [0.05, 0.1) is 11.4 Å². The molecule has 16 heavy (non-hydrogen) atoms. The van der Waals surface area contributed by atoms with Crippen LogP contribution >= 0.6 is 0 Å². The lowest BCUT2D eigenvalue weighted by Crippen LogP contribution is -2.56. The smallest absolute Gasteiger partial charge is 0.417 e. The van der Waals surface area contributed by atoms with Gasteiger partial charge in [-0.2, -0.15) is 0 Å². The van der Waals surface area contributed by atoms with Gasteiger partial charge in [-0.05, 0) is 32.9 Å². The van der Waals surface area contributed by atoms with Gasteiger partial charge in [0.1, 0.15) is 0 Å². The van der Waals surface area contributed by atoms with E-state index < -0.39 is 11.3 Å². The maximum atomic E-state index is 11.9. The number of fused-ring (bicyclic) bond motifs is 3. The van der Waals surface area contributed by atoms with Gasteiger partial charge in [0.25, 0.3) is 0 Å². The molecule has 0 saturated carbocycles. The van der Waals surface area contributed by atoms with Crippen molar-refractivity contribution in [3.8, 4) is 0 Å². The van der Waals surface area contributed by atoms with Crippen molar-refractivity contribution >= 4 is 17.5 Å². The molecular formula is C12H14N2O2. The Bertz CT molecular complexity index is 484. The van der Waals surface area contributed by atoms with E-state index in [-0.39, 0.29) is 6.09 Å². The van der Waals surface area contributed by atoms with Crippen LogP contribution in [0.25, 0.3) is 0 Å². The summed E-state index contributed by atoms with van der Waals surface area (Å²) in [6.07, 6.45) is -0.287. The van der Waals surface area contributed by atoms with E-state index in [0.29, 0.717) is 0 Å². The van der Waals surface area contributed by atoms with E-state index in [1.54, 1.807) is 4.90 Å². The number of nitrogens with zero attached hydrogens (tertiary/aromatic N) is 1. The van der Waals surface area contributed by atoms with Crippen molar-refractivity contribution < 1.29 is 9.53 Å². The first-order valence-electron chi connectivity index (χ1n) is 5.36. The summed E-state index contributed by atoms with van der Waals surface area (Å²) in [6, 6.07) is 7.78. The molecule has 1 atom stereocenters. The Kier molecular flexibility index (Phi) is 1.49. The quantitative estimate of drug-likeness (QED) is 0.727. The Morgan fingerprint density at radius 1 is 1.25 bits per heavy atom. The lowest BCUT2D eigenvalue weighted by Gasteiger charge is -2.35. The lowest BCUT2D eigenvalue weighted by molar-refractivity contribution is 0.0493. The van der Waals surface area contributed by atoms with Crippen LogP contribution in [0.5, 0.6) is 0 Å². The van der Waals surface area contributed by atoms with Crippen molar-refractivity contribution in [2.75, 3.05) is 10.2 Å². The second-order valence-electron chi connectivity index (χ2n) is 4.93. The molecule has 0 spiro atoms. The van der Waals surface area contributed by atoms with E-state index in [1.165, 1.54) is 0 Å². The highest BCUT2D eigenvalue weighted by molar-refractivity contribution is 6.00. The summed E-state index contributed by atoms with van der Waals surface area (Å²) in [5.41, 5.74) is 0.812. The first-order chi connectivity index (χ1) is 7.46. The maximum Gasteiger partial charge on any atom is 0.417 e. The summed E-state index contributed by atoms with van der Waals surface area (Å²) in [6.45, 7) is 5.82. The fourth-order valence-corrected chi connectivity index (χ4v) is 2.40. The summed E-state index contributed by atoms with van der Waals surface area (Å²) in [5, 5.41) is 3.37. The molecule has 0 radical (unpaired) electrons. The standard InChI is InChI=1S/C12H14N2O2/c1-11(2)12(3)13-8-6-4-5-7-9(8)14(12)10(15)16-11/h4-7,13H,1-3H3/t12-/m0/s1. The molecule has 0 aromatic heterocycles. The Morgan fingerprint density at radius 2 is 1.94 bits per heavy atom. The first-order valence-corrected chi connectivity index (χ1v) is 5.36. The van der Waals surface area contributed by atoms with Crippen LogP contribution in [0.15, 0.2) is 24.3 Å². The number of rotatable bonds is 0. The second-order valence-corrected chi connectivity index (χ2v) is 4.93. The minimum Gasteiger partial charge on any atom is -0.439 e. The Balaban J connectivity index is 2.20. The van der Waals surface area contributed by atoms with Crippen molar-refractivity contribution in [2.24, 2.45) is 0 Å². The molecule has 3 rings (SSSR count). The highest BCUT2D eigenvalue weighted by atomic mass is 16.6. The summed E-state index contributed by atoms with van der Waals surface area (Å²) in [4.78, 5) is 13.6. The molecule has 0 unspecified atom stereocenters. The van der Waals surface area contributed by atoms with E-state index in [1.807, 2.05) is 45.0 Å². The molecule has 1 amide bonds. The van der Waals surface area contributed by atoms with Crippen molar-refractivity contribution in [3.63, 3.8) is 0 Å². The molecular weight excluding hydrogens is 204 g/mol. The highest BCUT2D eigenvalue weighted by Crippen LogP contribution is 2.49. The van der Waals surface area contributed by atoms with Gasteiger partial charge in [0.2, 0.25) is 0 Å². The number of nitrogens with one attached hydrogen (secondary N) is 1. The molecule has 2 aliphatic rings. The normalized spacial score (nSPS) is 29.4. The SMILES string of the molecule is CC1(C)OC(=O)N2c3ccccc3N[C@@]21C. The molecule has 2 heterocycles. The van der Waals surface area contributed by atoms with Crippen molar-refractivity contribution in [1.82, 2.24) is 0 Å². The molecule has 1 aromatic rings. The molecule has 84 valence electrons. The first kappa shape index (κ1) is 9.51. The predicted molar refractivity (Wildman–Crippen MR) is 61.5 cm³/mol. The molecule has 4 heteroatoms. The number of anilines is 2. The van der Waals surface area contributed by atoms with Crippen LogP contribution in [0.2, 0.25) is 0 Å². The number of carbonyl (C=O) groups is 1. The molecule has 0 aliphatic carbocycles. The minimum atomic E-state index is -0.552. The van der Waals surface area contributed by atoms with Crippen molar-refractivity contribution in [2.45, 2.75) is 32.0 Å². The van der Waals surface area contributed by atoms with E-state index in [9.17, 15) is 4.79 Å². The van der Waals surface area contributed by atoms with Crippen LogP contribution < -0.4 is 10.2 Å². The summed E-state index contributed by atoms with van der Waals surface area (Å²) in [7, 11) is 0. The molecule has 1 N–H and O–H groups in total. The van der Waals surface area contributed by atoms with Gasteiger partial charge in [0, 0.05) is 0 Å². The number of amides is 1. The zero-order chi connectivity index (χ0) is 11.6. The molecule has 1 aromatic carbocycles. The third kappa shape index (κ3) is 0.876. The van der Waals surface area contributed by atoms with Crippen molar-refractivity contribution in [3.05, 3.63) is 24.3 Å². The molecule has 0 bridgehead atoms. The summed E-state index contributed by atoms with van der Waals surface area (Å²) >= 11 is 0. The van der Waals surface area contributed by atoms with Gasteiger partial charge in [0.15, 0.2) is 11.3 Å². The zero-order valence-corrected chi connectivity index (χ0v) is 9.57. The Hall–Kier alpha value is -1.71. The molecule has 1 fully saturated rings. The van der Waals surface area contributed by atoms with Crippen LogP contribution in [0.4, 0.5) is 16.2 Å². The predicted octanol–water partition coefficient (Wildman–Crippen LogP) is 2.56. The van der Waals surface area contributed by atoms with Gasteiger partial charge in [-0.15, -0.1) is 0 Å². The largest absolute Gasteiger partial charge is 0.439 e. The van der Waals surface area contributed by atoms with E-state index in [0.717, 1.165) is 11.4 Å². The zero-order valence-electron chi connectivity index (χ0n) is 9.57. The van der Waals surface area contributed by atoms with Gasteiger partial charge in [-0.3, -0.25) is 0 Å². The Morgan fingerprint density at radius 3 is 2.69 bits per heavy atom. The van der Waals surface area contributed by atoms with Crippen molar-refractivity contribution in [1.29, 1.82) is 0 Å². The molecule has 2 aliphatic heterocycles. The minimum absolute atomic E-state index is 0.287. The number of ether oxygens (including phenoxy) is 1. The molecule has 1 saturated heterocycles. The second kappa shape index (κ2) is 2.51. The number of hydrogen-bond donors (Lipinski definition) is 1. The maximum absolute atomic E-state index is 11.9. The number of carbonyl (C=O) groups excluding carboxylic acids is 1. The van der Waals surface area contributed by atoms with E-state index in [2.05, 4.69) is 5.32 Å². The van der Waals surface area contributed by atoms with Crippen LogP contribution in [0.1, 0.15) is 20.8 Å². The fraction of sp³-hybridized carbons (Fsp3) is 0.417. The Labute approximate surface area is 94.2 Å². The third-order valence-electron chi connectivity index (χ3n) is 3.67.